The predicted molar refractivity (Wildman–Crippen MR) is 125 cm³/mol. The van der Waals surface area contributed by atoms with Crippen molar-refractivity contribution in [2.45, 2.75) is 32.7 Å². The van der Waals surface area contributed by atoms with E-state index in [-0.39, 0.29) is 18.4 Å². The van der Waals surface area contributed by atoms with Gasteiger partial charge in [-0.1, -0.05) is 54.6 Å². The van der Waals surface area contributed by atoms with Crippen LogP contribution in [0, 0.1) is 6.92 Å². The van der Waals surface area contributed by atoms with Gasteiger partial charge in [0.25, 0.3) is 0 Å². The molecule has 2 heterocycles. The Kier molecular flexibility index (Phi) is 5.35. The van der Waals surface area contributed by atoms with E-state index in [0.29, 0.717) is 27.9 Å². The number of hydrogen-bond donors (Lipinski definition) is 1. The summed E-state index contributed by atoms with van der Waals surface area (Å²) in [5.41, 5.74) is 2.81. The normalized spacial score (nSPS) is 15.4. The van der Waals surface area contributed by atoms with E-state index in [9.17, 15) is 9.90 Å². The molecular formula is C27H27NO4. The van der Waals surface area contributed by atoms with Gasteiger partial charge in [-0.3, -0.25) is 4.90 Å². The molecule has 32 heavy (non-hydrogen) atoms. The van der Waals surface area contributed by atoms with Crippen molar-refractivity contribution in [3.8, 4) is 5.75 Å². The number of phenolic OH excluding ortho intramolecular Hbond substituents is 1. The summed E-state index contributed by atoms with van der Waals surface area (Å²) in [6.07, 6.45) is 2.21. The maximum atomic E-state index is 13.0. The molecule has 1 atom stereocenters. The second-order valence-electron chi connectivity index (χ2n) is 8.32. The van der Waals surface area contributed by atoms with Crippen LogP contribution in [-0.4, -0.2) is 35.7 Å². The topological polar surface area (TPSA) is 62.9 Å². The van der Waals surface area contributed by atoms with Gasteiger partial charge in [0.05, 0.1) is 12.6 Å². The lowest BCUT2D eigenvalue weighted by Crippen LogP contribution is -2.27. The SMILES string of the molecule is CCOC(=O)c1c(C)oc2c1c(C(c1ccccc1)N1CCCC1)c(O)c1ccccc12. The third-order valence-electron chi connectivity index (χ3n) is 6.41. The Hall–Kier alpha value is -3.31. The average molecular weight is 430 g/mol. The van der Waals surface area contributed by atoms with Crippen LogP contribution in [0.4, 0.5) is 0 Å². The number of aromatic hydroxyl groups is 1. The van der Waals surface area contributed by atoms with E-state index in [1.54, 1.807) is 13.8 Å². The molecule has 4 aromatic rings. The number of esters is 1. The molecule has 0 bridgehead atoms. The van der Waals surface area contributed by atoms with E-state index >= 15 is 0 Å². The van der Waals surface area contributed by atoms with Crippen molar-refractivity contribution in [2.24, 2.45) is 0 Å². The number of fused-ring (bicyclic) bond motifs is 3. The van der Waals surface area contributed by atoms with Crippen molar-refractivity contribution < 1.29 is 19.1 Å². The van der Waals surface area contributed by atoms with Gasteiger partial charge in [0, 0.05) is 21.7 Å². The van der Waals surface area contributed by atoms with Crippen LogP contribution in [0.2, 0.25) is 0 Å². The number of ether oxygens (including phenoxy) is 1. The molecule has 1 N–H and O–H groups in total. The third kappa shape index (κ3) is 3.24. The molecule has 1 aromatic heterocycles. The van der Waals surface area contributed by atoms with Gasteiger partial charge in [0.1, 0.15) is 22.7 Å². The molecule has 3 aromatic carbocycles. The molecule has 0 radical (unpaired) electrons. The minimum Gasteiger partial charge on any atom is -0.507 e. The van der Waals surface area contributed by atoms with Gasteiger partial charge >= 0.3 is 5.97 Å². The number of nitrogens with zero attached hydrogens (tertiary/aromatic N) is 1. The molecule has 0 spiro atoms. The Morgan fingerprint density at radius 2 is 1.72 bits per heavy atom. The fourth-order valence-corrected chi connectivity index (χ4v) is 5.05. The fraction of sp³-hybridized carbons (Fsp3) is 0.296. The molecule has 1 saturated heterocycles. The van der Waals surface area contributed by atoms with Crippen LogP contribution in [0.25, 0.3) is 21.7 Å². The third-order valence-corrected chi connectivity index (χ3v) is 6.41. The molecule has 5 heteroatoms. The first kappa shape index (κ1) is 20.6. The van der Waals surface area contributed by atoms with E-state index in [0.717, 1.165) is 42.3 Å². The van der Waals surface area contributed by atoms with Crippen molar-refractivity contribution in [3.05, 3.63) is 77.0 Å². The highest BCUT2D eigenvalue weighted by atomic mass is 16.5. The molecule has 1 fully saturated rings. The summed E-state index contributed by atoms with van der Waals surface area (Å²) in [6.45, 7) is 5.71. The Morgan fingerprint density at radius 3 is 2.41 bits per heavy atom. The van der Waals surface area contributed by atoms with E-state index in [4.69, 9.17) is 9.15 Å². The van der Waals surface area contributed by atoms with Gasteiger partial charge in [-0.15, -0.1) is 0 Å². The fourth-order valence-electron chi connectivity index (χ4n) is 5.05. The standard InChI is InChI=1S/C27H27NO4/c1-3-31-27(30)21-17(2)32-26-20-14-8-7-13-19(20)25(29)23(22(21)26)24(28-15-9-10-16-28)18-11-5-4-6-12-18/h4-8,11-14,24,29H,3,9-10,15-16H2,1-2H3. The monoisotopic (exact) mass is 429 g/mol. The van der Waals surface area contributed by atoms with Crippen molar-refractivity contribution >= 4 is 27.7 Å². The van der Waals surface area contributed by atoms with Gasteiger partial charge in [-0.05, 0) is 45.3 Å². The minimum atomic E-state index is -0.423. The van der Waals surface area contributed by atoms with Gasteiger partial charge in [-0.25, -0.2) is 4.79 Å². The number of likely N-dealkylation sites (tertiary alicyclic amines) is 1. The van der Waals surface area contributed by atoms with Gasteiger partial charge < -0.3 is 14.3 Å². The molecule has 5 nitrogen and oxygen atoms in total. The van der Waals surface area contributed by atoms with E-state index < -0.39 is 5.97 Å². The average Bonchev–Trinajstić information content (AvgIpc) is 3.45. The Balaban J connectivity index is 1.91. The molecule has 164 valence electrons. The zero-order chi connectivity index (χ0) is 22.2. The second kappa shape index (κ2) is 8.32. The number of aryl methyl sites for hydroxylation is 1. The summed E-state index contributed by atoms with van der Waals surface area (Å²) in [5.74, 6) is 0.275. The summed E-state index contributed by atoms with van der Waals surface area (Å²) >= 11 is 0. The predicted octanol–water partition coefficient (Wildman–Crippen LogP) is 5.96. The molecule has 0 amide bonds. The highest BCUT2D eigenvalue weighted by Crippen LogP contribution is 2.47. The first-order chi connectivity index (χ1) is 15.6. The number of carbonyl (C=O) groups is 1. The Morgan fingerprint density at radius 1 is 1.06 bits per heavy atom. The summed E-state index contributed by atoms with van der Waals surface area (Å²) in [4.78, 5) is 15.4. The van der Waals surface area contributed by atoms with Crippen molar-refractivity contribution in [1.29, 1.82) is 0 Å². The number of carbonyl (C=O) groups excluding carboxylic acids is 1. The molecule has 0 aliphatic carbocycles. The van der Waals surface area contributed by atoms with Crippen molar-refractivity contribution in [2.75, 3.05) is 19.7 Å². The molecule has 1 aliphatic rings. The lowest BCUT2D eigenvalue weighted by atomic mass is 9.89. The van der Waals surface area contributed by atoms with Gasteiger partial charge in [0.2, 0.25) is 0 Å². The van der Waals surface area contributed by atoms with Crippen LogP contribution >= 0.6 is 0 Å². The number of benzene rings is 3. The van der Waals surface area contributed by atoms with Crippen molar-refractivity contribution in [3.63, 3.8) is 0 Å². The van der Waals surface area contributed by atoms with Crippen LogP contribution in [-0.2, 0) is 4.74 Å². The largest absolute Gasteiger partial charge is 0.507 e. The first-order valence-corrected chi connectivity index (χ1v) is 11.2. The van der Waals surface area contributed by atoms with Crippen LogP contribution in [0.15, 0.2) is 59.0 Å². The summed E-state index contributed by atoms with van der Waals surface area (Å²) in [6, 6.07) is 17.6. The minimum absolute atomic E-state index is 0.195. The lowest BCUT2D eigenvalue weighted by molar-refractivity contribution is 0.0526. The van der Waals surface area contributed by atoms with Gasteiger partial charge in [0.15, 0.2) is 0 Å². The quantitative estimate of drug-likeness (QED) is 0.397. The molecule has 0 saturated carbocycles. The number of phenols is 1. The lowest BCUT2D eigenvalue weighted by Gasteiger charge is -2.30. The maximum absolute atomic E-state index is 13.0. The van der Waals surface area contributed by atoms with Crippen LogP contribution in [0.3, 0.4) is 0 Å². The van der Waals surface area contributed by atoms with Crippen LogP contribution in [0.5, 0.6) is 5.75 Å². The summed E-state index contributed by atoms with van der Waals surface area (Å²) in [7, 11) is 0. The second-order valence-corrected chi connectivity index (χ2v) is 8.32. The van der Waals surface area contributed by atoms with E-state index in [1.807, 2.05) is 42.5 Å². The Bertz CT molecular complexity index is 1290. The summed E-state index contributed by atoms with van der Waals surface area (Å²) < 4.78 is 11.6. The highest BCUT2D eigenvalue weighted by molar-refractivity contribution is 6.16. The smallest absolute Gasteiger partial charge is 0.342 e. The molecule has 5 rings (SSSR count). The summed E-state index contributed by atoms with van der Waals surface area (Å²) in [5, 5.41) is 13.8. The Labute approximate surface area is 187 Å². The van der Waals surface area contributed by atoms with Crippen LogP contribution < -0.4 is 0 Å². The van der Waals surface area contributed by atoms with E-state index in [1.165, 1.54) is 0 Å². The zero-order valence-electron chi connectivity index (χ0n) is 18.4. The molecular weight excluding hydrogens is 402 g/mol. The highest BCUT2D eigenvalue weighted by Gasteiger charge is 2.34. The van der Waals surface area contributed by atoms with Crippen molar-refractivity contribution in [1.82, 2.24) is 4.90 Å². The number of hydrogen-bond acceptors (Lipinski definition) is 5. The first-order valence-electron chi connectivity index (χ1n) is 11.2. The molecule has 1 aliphatic heterocycles. The maximum Gasteiger partial charge on any atom is 0.342 e. The van der Waals surface area contributed by atoms with Crippen LogP contribution in [0.1, 0.15) is 53.1 Å². The van der Waals surface area contributed by atoms with E-state index in [2.05, 4.69) is 17.0 Å². The molecule has 1 unspecified atom stereocenters. The zero-order valence-corrected chi connectivity index (χ0v) is 18.4. The number of rotatable bonds is 5. The number of furan rings is 1. The van der Waals surface area contributed by atoms with Gasteiger partial charge in [-0.2, -0.15) is 0 Å².